The normalized spacial score (nSPS) is 17.0. The Morgan fingerprint density at radius 1 is 1.13 bits per heavy atom. The number of carbonyl (C=O) groups excluding carboxylic acids is 1. The fraction of sp³-hybridized carbons (Fsp3) is 0.348. The van der Waals surface area contributed by atoms with Crippen LogP contribution in [0.3, 0.4) is 0 Å². The number of amides is 1. The monoisotopic (exact) mass is 437 g/mol. The third kappa shape index (κ3) is 3.80. The minimum absolute atomic E-state index is 0.142. The van der Waals surface area contributed by atoms with Crippen molar-refractivity contribution >= 4 is 34.5 Å². The molecule has 5 rings (SSSR count). The Balaban J connectivity index is 1.46. The summed E-state index contributed by atoms with van der Waals surface area (Å²) >= 11 is 1.41. The molecule has 0 bridgehead atoms. The molecular formula is C23H24FN5OS. The molecule has 2 aromatic carbocycles. The highest BCUT2D eigenvalue weighted by Gasteiger charge is 2.23. The van der Waals surface area contributed by atoms with Crippen LogP contribution in [0.15, 0.2) is 53.7 Å². The number of imidazole rings is 1. The van der Waals surface area contributed by atoms with Crippen LogP contribution in [0.4, 0.5) is 4.39 Å². The number of nitrogens with zero attached hydrogens (tertiary/aromatic N) is 5. The lowest BCUT2D eigenvalue weighted by atomic mass is 10.0. The molecule has 1 unspecified atom stereocenters. The van der Waals surface area contributed by atoms with Crippen LogP contribution in [0.1, 0.15) is 25.3 Å². The standard InChI is InChI=1S/C23H24FN5OS/c1-16-7-6-12-27(13-16)21(30)15-31-23-26-25-22-28(14-17-8-2-3-9-18(17)24)19-10-4-5-11-20(19)29(22)23/h2-5,8-11,16H,6-7,12-15H2,1H3. The lowest BCUT2D eigenvalue weighted by Gasteiger charge is -2.30. The number of para-hydroxylation sites is 2. The molecule has 1 fully saturated rings. The van der Waals surface area contributed by atoms with Crippen LogP contribution < -0.4 is 0 Å². The third-order valence-electron chi connectivity index (χ3n) is 5.89. The SMILES string of the molecule is CC1CCCN(C(=O)CSc2nnc3n(Cc4ccccc4F)c4ccccc4n23)C1. The Labute approximate surface area is 184 Å². The fourth-order valence-corrected chi connectivity index (χ4v) is 5.16. The maximum Gasteiger partial charge on any atom is 0.237 e. The number of piperidine rings is 1. The molecule has 0 saturated carbocycles. The molecular weight excluding hydrogens is 413 g/mol. The van der Waals surface area contributed by atoms with Gasteiger partial charge in [0.05, 0.1) is 23.3 Å². The number of benzene rings is 2. The summed E-state index contributed by atoms with van der Waals surface area (Å²) in [5.74, 6) is 1.43. The molecule has 1 atom stereocenters. The van der Waals surface area contributed by atoms with E-state index >= 15 is 0 Å². The molecule has 4 aromatic rings. The molecule has 0 radical (unpaired) electrons. The Bertz CT molecular complexity index is 1250. The van der Waals surface area contributed by atoms with Crippen molar-refractivity contribution in [2.75, 3.05) is 18.8 Å². The number of thioether (sulfide) groups is 1. The van der Waals surface area contributed by atoms with E-state index in [1.807, 2.05) is 44.2 Å². The molecule has 8 heteroatoms. The van der Waals surface area contributed by atoms with Crippen molar-refractivity contribution in [2.45, 2.75) is 31.5 Å². The molecule has 160 valence electrons. The van der Waals surface area contributed by atoms with Crippen LogP contribution in [-0.4, -0.2) is 48.8 Å². The van der Waals surface area contributed by atoms with Gasteiger partial charge in [-0.2, -0.15) is 0 Å². The summed E-state index contributed by atoms with van der Waals surface area (Å²) < 4.78 is 18.2. The maximum absolute atomic E-state index is 14.3. The van der Waals surface area contributed by atoms with Gasteiger partial charge in [0.1, 0.15) is 5.82 Å². The van der Waals surface area contributed by atoms with Gasteiger partial charge in [-0.25, -0.2) is 4.39 Å². The number of likely N-dealkylation sites (tertiary alicyclic amines) is 1. The average molecular weight is 438 g/mol. The number of rotatable bonds is 5. The predicted octanol–water partition coefficient (Wildman–Crippen LogP) is 4.22. The van der Waals surface area contributed by atoms with E-state index in [4.69, 9.17) is 0 Å². The van der Waals surface area contributed by atoms with E-state index in [-0.39, 0.29) is 11.7 Å². The van der Waals surface area contributed by atoms with Crippen LogP contribution in [0.5, 0.6) is 0 Å². The van der Waals surface area contributed by atoms with E-state index in [1.54, 1.807) is 12.1 Å². The van der Waals surface area contributed by atoms with Crippen LogP contribution >= 0.6 is 11.8 Å². The summed E-state index contributed by atoms with van der Waals surface area (Å²) in [4.78, 5) is 14.7. The van der Waals surface area contributed by atoms with E-state index in [0.29, 0.717) is 34.7 Å². The summed E-state index contributed by atoms with van der Waals surface area (Å²) in [7, 11) is 0. The highest BCUT2D eigenvalue weighted by Crippen LogP contribution is 2.27. The molecule has 2 aromatic heterocycles. The Hall–Kier alpha value is -2.87. The summed E-state index contributed by atoms with van der Waals surface area (Å²) in [6.07, 6.45) is 2.25. The second-order valence-electron chi connectivity index (χ2n) is 8.16. The van der Waals surface area contributed by atoms with E-state index in [9.17, 15) is 9.18 Å². The molecule has 1 saturated heterocycles. The first-order valence-corrected chi connectivity index (χ1v) is 11.6. The largest absolute Gasteiger partial charge is 0.342 e. The quantitative estimate of drug-likeness (QED) is 0.439. The number of fused-ring (bicyclic) bond motifs is 3. The zero-order valence-corrected chi connectivity index (χ0v) is 18.2. The second kappa shape index (κ2) is 8.34. The Morgan fingerprint density at radius 2 is 1.90 bits per heavy atom. The number of halogens is 1. The molecule has 3 heterocycles. The van der Waals surface area contributed by atoms with Gasteiger partial charge in [-0.05, 0) is 37.0 Å². The summed E-state index contributed by atoms with van der Waals surface area (Å²) in [5.41, 5.74) is 2.49. The second-order valence-corrected chi connectivity index (χ2v) is 9.10. The van der Waals surface area contributed by atoms with Crippen LogP contribution in [0.2, 0.25) is 0 Å². The van der Waals surface area contributed by atoms with Gasteiger partial charge in [0.15, 0.2) is 5.16 Å². The van der Waals surface area contributed by atoms with Gasteiger partial charge in [0.25, 0.3) is 0 Å². The van der Waals surface area contributed by atoms with Gasteiger partial charge in [-0.15, -0.1) is 10.2 Å². The Kier molecular flexibility index (Phi) is 5.40. The van der Waals surface area contributed by atoms with Crippen molar-refractivity contribution in [3.63, 3.8) is 0 Å². The smallest absolute Gasteiger partial charge is 0.237 e. The highest BCUT2D eigenvalue weighted by atomic mass is 32.2. The number of aromatic nitrogens is 4. The van der Waals surface area contributed by atoms with E-state index < -0.39 is 0 Å². The average Bonchev–Trinajstić information content (AvgIpc) is 3.33. The molecule has 1 aliphatic rings. The summed E-state index contributed by atoms with van der Waals surface area (Å²) in [6, 6.07) is 14.7. The van der Waals surface area contributed by atoms with Gasteiger partial charge in [-0.3, -0.25) is 9.20 Å². The van der Waals surface area contributed by atoms with Gasteiger partial charge >= 0.3 is 0 Å². The predicted molar refractivity (Wildman–Crippen MR) is 120 cm³/mol. The zero-order chi connectivity index (χ0) is 21.4. The lowest BCUT2D eigenvalue weighted by molar-refractivity contribution is -0.130. The molecule has 0 aliphatic carbocycles. The lowest BCUT2D eigenvalue weighted by Crippen LogP contribution is -2.40. The van der Waals surface area contributed by atoms with Crippen molar-refractivity contribution in [1.82, 2.24) is 24.1 Å². The van der Waals surface area contributed by atoms with Crippen molar-refractivity contribution in [3.8, 4) is 0 Å². The zero-order valence-electron chi connectivity index (χ0n) is 17.4. The van der Waals surface area contributed by atoms with Crippen LogP contribution in [0.25, 0.3) is 16.8 Å². The minimum atomic E-state index is -0.242. The van der Waals surface area contributed by atoms with Crippen molar-refractivity contribution in [2.24, 2.45) is 5.92 Å². The molecule has 0 N–H and O–H groups in total. The van der Waals surface area contributed by atoms with Gasteiger partial charge < -0.3 is 9.47 Å². The molecule has 1 amide bonds. The van der Waals surface area contributed by atoms with Gasteiger partial charge in [-0.1, -0.05) is 49.0 Å². The first-order chi connectivity index (χ1) is 15.1. The maximum atomic E-state index is 14.3. The molecule has 31 heavy (non-hydrogen) atoms. The first-order valence-electron chi connectivity index (χ1n) is 10.6. The van der Waals surface area contributed by atoms with Crippen molar-refractivity contribution < 1.29 is 9.18 Å². The Morgan fingerprint density at radius 3 is 2.71 bits per heavy atom. The van der Waals surface area contributed by atoms with Crippen LogP contribution in [-0.2, 0) is 11.3 Å². The van der Waals surface area contributed by atoms with E-state index in [1.165, 1.54) is 24.2 Å². The van der Waals surface area contributed by atoms with Crippen molar-refractivity contribution in [3.05, 3.63) is 59.9 Å². The molecule has 1 aliphatic heterocycles. The first kappa shape index (κ1) is 20.1. The topological polar surface area (TPSA) is 55.4 Å². The van der Waals surface area contributed by atoms with Gasteiger partial charge in [0.2, 0.25) is 11.7 Å². The van der Waals surface area contributed by atoms with E-state index in [0.717, 1.165) is 30.5 Å². The highest BCUT2D eigenvalue weighted by molar-refractivity contribution is 7.99. The molecule has 6 nitrogen and oxygen atoms in total. The number of carbonyl (C=O) groups is 1. The minimum Gasteiger partial charge on any atom is -0.342 e. The summed E-state index contributed by atoms with van der Waals surface area (Å²) in [5, 5.41) is 9.42. The third-order valence-corrected chi connectivity index (χ3v) is 6.81. The fourth-order valence-electron chi connectivity index (χ4n) is 4.32. The van der Waals surface area contributed by atoms with E-state index in [2.05, 4.69) is 17.1 Å². The van der Waals surface area contributed by atoms with Crippen LogP contribution in [0, 0.1) is 11.7 Å². The molecule has 0 spiro atoms. The number of hydrogen-bond acceptors (Lipinski definition) is 4. The van der Waals surface area contributed by atoms with Gasteiger partial charge in [0, 0.05) is 18.7 Å². The van der Waals surface area contributed by atoms with Crippen molar-refractivity contribution in [1.29, 1.82) is 0 Å². The number of hydrogen-bond donors (Lipinski definition) is 0. The summed E-state index contributed by atoms with van der Waals surface area (Å²) in [6.45, 7) is 4.22.